The van der Waals surface area contributed by atoms with Gasteiger partial charge in [-0.15, -0.1) is 0 Å². The van der Waals surface area contributed by atoms with Crippen LogP contribution in [0.15, 0.2) is 54.6 Å². The van der Waals surface area contributed by atoms with Gasteiger partial charge in [0, 0.05) is 28.8 Å². The summed E-state index contributed by atoms with van der Waals surface area (Å²) < 4.78 is 2.25. The molecule has 0 aliphatic heterocycles. The normalized spacial score (nSPS) is 15.1. The number of nitrogens with one attached hydrogen (secondary N) is 1. The van der Waals surface area contributed by atoms with Gasteiger partial charge in [-0.05, 0) is 60.9 Å². The molecule has 0 saturated heterocycles. The van der Waals surface area contributed by atoms with Crippen molar-refractivity contribution in [1.82, 2.24) is 19.9 Å². The first kappa shape index (κ1) is 29.3. The minimum Gasteiger partial charge on any atom is -0.352 e. The maximum Gasteiger partial charge on any atom is 0.243 e. The van der Waals surface area contributed by atoms with Crippen LogP contribution < -0.4 is 5.32 Å². The van der Waals surface area contributed by atoms with Gasteiger partial charge in [-0.25, -0.2) is 9.97 Å². The van der Waals surface area contributed by atoms with E-state index < -0.39 is 6.04 Å². The fourth-order valence-electron chi connectivity index (χ4n) is 6.25. The van der Waals surface area contributed by atoms with Crippen LogP contribution in [-0.4, -0.2) is 26.5 Å². The molecule has 216 valence electrons. The average molecular weight is 571 g/mol. The molecular weight excluding hydrogens is 528 g/mol. The van der Waals surface area contributed by atoms with Gasteiger partial charge in [0.2, 0.25) is 5.91 Å². The number of amides is 1. The molecule has 1 aliphatic rings. The highest BCUT2D eigenvalue weighted by Gasteiger charge is 2.32. The first-order chi connectivity index (χ1) is 19.7. The fraction of sp³-hybridized carbons (Fsp3) is 0.457. The molecule has 1 unspecified atom stereocenters. The molecule has 5 rings (SSSR count). The van der Waals surface area contributed by atoms with E-state index in [0.717, 1.165) is 52.2 Å². The fourth-order valence-corrected chi connectivity index (χ4v) is 6.38. The van der Waals surface area contributed by atoms with Gasteiger partial charge in [0.25, 0.3) is 0 Å². The number of nitrogens with zero attached hydrogens (tertiary/aromatic N) is 3. The molecule has 6 heteroatoms. The summed E-state index contributed by atoms with van der Waals surface area (Å²) in [5.74, 6) is 1.38. The van der Waals surface area contributed by atoms with Gasteiger partial charge in [0.1, 0.15) is 17.5 Å². The van der Waals surface area contributed by atoms with Gasteiger partial charge < -0.3 is 9.88 Å². The Labute approximate surface area is 249 Å². The number of halogens is 1. The van der Waals surface area contributed by atoms with E-state index in [4.69, 9.17) is 21.6 Å². The van der Waals surface area contributed by atoms with E-state index in [1.165, 1.54) is 24.8 Å². The van der Waals surface area contributed by atoms with Crippen LogP contribution in [0.5, 0.6) is 0 Å². The van der Waals surface area contributed by atoms with E-state index in [1.54, 1.807) is 0 Å². The van der Waals surface area contributed by atoms with E-state index in [0.29, 0.717) is 23.8 Å². The summed E-state index contributed by atoms with van der Waals surface area (Å²) in [6.07, 6.45) is 7.13. The molecule has 5 nitrogen and oxygen atoms in total. The quantitative estimate of drug-likeness (QED) is 0.219. The zero-order valence-electron chi connectivity index (χ0n) is 25.1. The monoisotopic (exact) mass is 570 g/mol. The van der Waals surface area contributed by atoms with Crippen molar-refractivity contribution in [3.8, 4) is 11.3 Å². The van der Waals surface area contributed by atoms with Gasteiger partial charge in [-0.1, -0.05) is 101 Å². The maximum atomic E-state index is 14.3. The second kappa shape index (κ2) is 12.8. The standard InChI is InChI=1S/C35H43ClN4O/c1-22(2)20-30(35(41)38-28-14-10-7-11-15-28)40-32(26-16-18-27(36)19-17-26)29(21-25-12-8-6-9-13-25)31-24(5)37-33(23(3)4)39-34(31)40/h6,8-9,12-13,16-19,22-23,28,30H,7,10-11,14-15,20-21H2,1-5H3,(H,38,41). The molecule has 4 aromatic rings. The van der Waals surface area contributed by atoms with E-state index in [1.807, 2.05) is 18.2 Å². The van der Waals surface area contributed by atoms with E-state index in [2.05, 4.69) is 80.9 Å². The van der Waals surface area contributed by atoms with Crippen molar-refractivity contribution >= 4 is 28.5 Å². The summed E-state index contributed by atoms with van der Waals surface area (Å²) >= 11 is 6.37. The molecule has 2 aromatic heterocycles. The Morgan fingerprint density at radius 2 is 1.66 bits per heavy atom. The van der Waals surface area contributed by atoms with Gasteiger partial charge in [0.15, 0.2) is 0 Å². The minimum atomic E-state index is -0.399. The van der Waals surface area contributed by atoms with Gasteiger partial charge in [0.05, 0.1) is 11.4 Å². The predicted molar refractivity (Wildman–Crippen MR) is 170 cm³/mol. The second-order valence-electron chi connectivity index (χ2n) is 12.4. The first-order valence-corrected chi connectivity index (χ1v) is 15.6. The lowest BCUT2D eigenvalue weighted by Crippen LogP contribution is -2.41. The van der Waals surface area contributed by atoms with Crippen LogP contribution in [0.4, 0.5) is 0 Å². The molecule has 2 heterocycles. The number of hydrogen-bond donors (Lipinski definition) is 1. The molecule has 0 bridgehead atoms. The Hall–Kier alpha value is -3.18. The van der Waals surface area contributed by atoms with Crippen LogP contribution in [-0.2, 0) is 11.2 Å². The average Bonchev–Trinajstić information content (AvgIpc) is 3.27. The van der Waals surface area contributed by atoms with Crippen molar-refractivity contribution in [3.63, 3.8) is 0 Å². The lowest BCUT2D eigenvalue weighted by Gasteiger charge is -2.28. The van der Waals surface area contributed by atoms with Crippen LogP contribution in [0.1, 0.15) is 101 Å². The van der Waals surface area contributed by atoms with E-state index in [-0.39, 0.29) is 17.9 Å². The first-order valence-electron chi connectivity index (χ1n) is 15.2. The Kier molecular flexibility index (Phi) is 9.13. The third-order valence-electron chi connectivity index (χ3n) is 8.26. The molecule has 0 spiro atoms. The smallest absolute Gasteiger partial charge is 0.243 e. The van der Waals surface area contributed by atoms with Gasteiger partial charge in [-0.3, -0.25) is 4.79 Å². The van der Waals surface area contributed by atoms with Crippen molar-refractivity contribution < 1.29 is 4.79 Å². The van der Waals surface area contributed by atoms with Crippen LogP contribution in [0.25, 0.3) is 22.3 Å². The van der Waals surface area contributed by atoms with E-state index in [9.17, 15) is 4.79 Å². The Bertz CT molecular complexity index is 1480. The van der Waals surface area contributed by atoms with Crippen molar-refractivity contribution in [2.45, 2.75) is 97.6 Å². The number of aryl methyl sites for hydroxylation is 1. The van der Waals surface area contributed by atoms with Crippen molar-refractivity contribution in [2.24, 2.45) is 5.92 Å². The SMILES string of the molecule is Cc1nc(C(C)C)nc2c1c(Cc1ccccc1)c(-c1ccc(Cl)cc1)n2C(CC(C)C)C(=O)NC1CCCCC1. The molecule has 1 atom stereocenters. The topological polar surface area (TPSA) is 59.8 Å². The lowest BCUT2D eigenvalue weighted by atomic mass is 9.94. The summed E-state index contributed by atoms with van der Waals surface area (Å²) in [6, 6.07) is 18.4. The summed E-state index contributed by atoms with van der Waals surface area (Å²) in [4.78, 5) is 24.5. The molecule has 0 radical (unpaired) electrons. The molecule has 2 aromatic carbocycles. The van der Waals surface area contributed by atoms with Gasteiger partial charge in [-0.2, -0.15) is 0 Å². The highest BCUT2D eigenvalue weighted by molar-refractivity contribution is 6.30. The number of fused-ring (bicyclic) bond motifs is 1. The maximum absolute atomic E-state index is 14.3. The second-order valence-corrected chi connectivity index (χ2v) is 12.8. The van der Waals surface area contributed by atoms with Crippen molar-refractivity contribution in [2.75, 3.05) is 0 Å². The Morgan fingerprint density at radius 1 is 0.976 bits per heavy atom. The number of rotatable bonds is 9. The zero-order chi connectivity index (χ0) is 29.1. The largest absolute Gasteiger partial charge is 0.352 e. The summed E-state index contributed by atoms with van der Waals surface area (Å²) in [5, 5.41) is 5.19. The molecule has 1 saturated carbocycles. The number of aromatic nitrogens is 3. The Balaban J connectivity index is 1.80. The van der Waals surface area contributed by atoms with Gasteiger partial charge >= 0.3 is 0 Å². The number of carbonyl (C=O) groups excluding carboxylic acids is 1. The van der Waals surface area contributed by atoms with Crippen LogP contribution in [0.2, 0.25) is 5.02 Å². The summed E-state index contributed by atoms with van der Waals surface area (Å²) in [7, 11) is 0. The molecule has 1 aliphatic carbocycles. The lowest BCUT2D eigenvalue weighted by molar-refractivity contribution is -0.125. The summed E-state index contributed by atoms with van der Waals surface area (Å²) in [6.45, 7) is 10.7. The highest BCUT2D eigenvalue weighted by Crippen LogP contribution is 2.40. The number of benzene rings is 2. The molecular formula is C35H43ClN4O. The van der Waals surface area contributed by atoms with E-state index >= 15 is 0 Å². The molecule has 1 fully saturated rings. The minimum absolute atomic E-state index is 0.0892. The van der Waals surface area contributed by atoms with Crippen LogP contribution >= 0.6 is 11.6 Å². The third kappa shape index (κ3) is 6.51. The van der Waals surface area contributed by atoms with Crippen LogP contribution in [0, 0.1) is 12.8 Å². The van der Waals surface area contributed by atoms with Crippen molar-refractivity contribution in [3.05, 3.63) is 82.3 Å². The highest BCUT2D eigenvalue weighted by atomic mass is 35.5. The predicted octanol–water partition coefficient (Wildman–Crippen LogP) is 8.81. The molecule has 1 N–H and O–H groups in total. The van der Waals surface area contributed by atoms with Crippen LogP contribution in [0.3, 0.4) is 0 Å². The molecule has 1 amide bonds. The number of carbonyl (C=O) groups is 1. The molecule has 41 heavy (non-hydrogen) atoms. The van der Waals surface area contributed by atoms with Crippen molar-refractivity contribution in [1.29, 1.82) is 0 Å². The number of hydrogen-bond acceptors (Lipinski definition) is 3. The third-order valence-corrected chi connectivity index (χ3v) is 8.52. The zero-order valence-corrected chi connectivity index (χ0v) is 25.8. The Morgan fingerprint density at radius 3 is 2.29 bits per heavy atom. The summed E-state index contributed by atoms with van der Waals surface area (Å²) in [5.41, 5.74) is 6.23.